The molecule has 2 aromatic rings. The highest BCUT2D eigenvalue weighted by Gasteiger charge is 2.43. The van der Waals surface area contributed by atoms with Crippen molar-refractivity contribution in [3.05, 3.63) is 47.3 Å². The number of anilines is 1. The second-order valence-electron chi connectivity index (χ2n) is 9.90. The number of ether oxygens (including phenoxy) is 2. The minimum atomic E-state index is -0.711. The second kappa shape index (κ2) is 9.50. The Hall–Kier alpha value is -3.37. The number of benzene rings is 1. The molecule has 196 valence electrons. The number of carbonyl (C=O) groups excluding carboxylic acids is 2. The molecule has 0 unspecified atom stereocenters. The quantitative estimate of drug-likeness (QED) is 0.609. The Morgan fingerprint density at radius 3 is 2.78 bits per heavy atom. The van der Waals surface area contributed by atoms with Crippen molar-refractivity contribution in [3.8, 4) is 22.8 Å². The monoisotopic (exact) mass is 530 g/mol. The van der Waals surface area contributed by atoms with Gasteiger partial charge in [0.2, 0.25) is 5.91 Å². The molecule has 9 nitrogen and oxygen atoms in total. The first-order chi connectivity index (χ1) is 17.6. The summed E-state index contributed by atoms with van der Waals surface area (Å²) >= 11 is 6.77. The smallest absolute Gasteiger partial charge is 0.261 e. The molecule has 2 fully saturated rings. The van der Waals surface area contributed by atoms with E-state index in [1.807, 2.05) is 18.7 Å². The van der Waals surface area contributed by atoms with Crippen molar-refractivity contribution in [2.75, 3.05) is 50.9 Å². The van der Waals surface area contributed by atoms with Crippen LogP contribution in [0.1, 0.15) is 24.2 Å². The number of amides is 2. The van der Waals surface area contributed by atoms with Gasteiger partial charge >= 0.3 is 0 Å². The van der Waals surface area contributed by atoms with Gasteiger partial charge in [0.1, 0.15) is 40.3 Å². The molecule has 1 aromatic heterocycles. The Labute approximate surface area is 219 Å². The maximum Gasteiger partial charge on any atom is 0.261 e. The molecule has 2 amide bonds. The van der Waals surface area contributed by atoms with E-state index in [-0.39, 0.29) is 64.1 Å². The molecule has 37 heavy (non-hydrogen) atoms. The number of hydrogen-bond acceptors (Lipinski definition) is 7. The zero-order valence-corrected chi connectivity index (χ0v) is 21.4. The van der Waals surface area contributed by atoms with Gasteiger partial charge in [-0.2, -0.15) is 0 Å². The Kier molecular flexibility index (Phi) is 6.49. The summed E-state index contributed by atoms with van der Waals surface area (Å²) < 4.78 is 26.8. The lowest BCUT2D eigenvalue weighted by molar-refractivity contribution is -0.128. The Bertz CT molecular complexity index is 1270. The Morgan fingerprint density at radius 2 is 2.08 bits per heavy atom. The van der Waals surface area contributed by atoms with E-state index in [2.05, 4.69) is 6.58 Å². The Morgan fingerprint density at radius 1 is 1.30 bits per heavy atom. The minimum Gasteiger partial charge on any atom is -0.507 e. The summed E-state index contributed by atoms with van der Waals surface area (Å²) in [6, 6.07) is 3.50. The van der Waals surface area contributed by atoms with Crippen LogP contribution in [0.4, 0.5) is 10.2 Å². The van der Waals surface area contributed by atoms with Crippen LogP contribution in [0, 0.1) is 5.82 Å². The van der Waals surface area contributed by atoms with E-state index in [1.165, 1.54) is 24.3 Å². The number of piperazine rings is 1. The molecule has 0 saturated carbocycles. The third kappa shape index (κ3) is 4.27. The summed E-state index contributed by atoms with van der Waals surface area (Å²) in [7, 11) is 0. The number of phenols is 1. The standard InChI is InChI=1S/C26H28ClFN4O5/c1-4-18(34)30-8-9-31-15(12-30)13-37-23-20(25(31)35)24(32-10-11-36-14-26(32,2)3)29-22(21(23)27)19-16(28)6-5-7-17(19)33/h4-7,15,33H,1,8-14H2,2-3H3/t15-/m1/s1. The summed E-state index contributed by atoms with van der Waals surface area (Å²) in [6.45, 7) is 9.67. The maximum atomic E-state index is 15.0. The highest BCUT2D eigenvalue weighted by molar-refractivity contribution is 6.35. The molecule has 11 heteroatoms. The predicted molar refractivity (Wildman–Crippen MR) is 136 cm³/mol. The van der Waals surface area contributed by atoms with Crippen LogP contribution in [-0.2, 0) is 9.53 Å². The molecule has 1 atom stereocenters. The normalized spacial score (nSPS) is 21.0. The fraction of sp³-hybridized carbons (Fsp3) is 0.423. The number of phenolic OH excluding ortho intramolecular Hbond substituents is 1. The first-order valence-corrected chi connectivity index (χ1v) is 12.4. The van der Waals surface area contributed by atoms with Crippen LogP contribution in [0.3, 0.4) is 0 Å². The number of nitrogens with zero attached hydrogens (tertiary/aromatic N) is 4. The first kappa shape index (κ1) is 25.3. The summed E-state index contributed by atoms with van der Waals surface area (Å²) in [5.41, 5.74) is -0.582. The predicted octanol–water partition coefficient (Wildman–Crippen LogP) is 3.09. The zero-order chi connectivity index (χ0) is 26.5. The van der Waals surface area contributed by atoms with Gasteiger partial charge in [-0.25, -0.2) is 9.37 Å². The van der Waals surface area contributed by atoms with Crippen LogP contribution >= 0.6 is 11.6 Å². The van der Waals surface area contributed by atoms with Crippen molar-refractivity contribution in [1.29, 1.82) is 0 Å². The lowest BCUT2D eigenvalue weighted by Crippen LogP contribution is -2.58. The lowest BCUT2D eigenvalue weighted by Gasteiger charge is -2.44. The van der Waals surface area contributed by atoms with Gasteiger partial charge in [-0.3, -0.25) is 9.59 Å². The third-order valence-electron chi connectivity index (χ3n) is 7.07. The highest BCUT2D eigenvalue weighted by Crippen LogP contribution is 2.47. The minimum absolute atomic E-state index is 0.0237. The number of aromatic nitrogens is 1. The van der Waals surface area contributed by atoms with Gasteiger partial charge in [-0.05, 0) is 32.1 Å². The first-order valence-electron chi connectivity index (χ1n) is 12.1. The van der Waals surface area contributed by atoms with Crippen molar-refractivity contribution >= 4 is 29.2 Å². The van der Waals surface area contributed by atoms with Crippen molar-refractivity contribution < 1.29 is 28.6 Å². The fourth-order valence-electron chi connectivity index (χ4n) is 5.13. The van der Waals surface area contributed by atoms with Crippen LogP contribution in [-0.4, -0.2) is 89.3 Å². The van der Waals surface area contributed by atoms with Crippen LogP contribution in [0.2, 0.25) is 5.02 Å². The van der Waals surface area contributed by atoms with E-state index in [4.69, 9.17) is 26.1 Å². The van der Waals surface area contributed by atoms with Crippen LogP contribution in [0.25, 0.3) is 11.3 Å². The van der Waals surface area contributed by atoms with Crippen molar-refractivity contribution in [3.63, 3.8) is 0 Å². The topological polar surface area (TPSA) is 95.4 Å². The summed E-state index contributed by atoms with van der Waals surface area (Å²) in [6.07, 6.45) is 1.25. The van der Waals surface area contributed by atoms with E-state index < -0.39 is 17.4 Å². The van der Waals surface area contributed by atoms with Crippen LogP contribution in [0.15, 0.2) is 30.9 Å². The molecule has 0 spiro atoms. The third-order valence-corrected chi connectivity index (χ3v) is 7.42. The van der Waals surface area contributed by atoms with Crippen LogP contribution in [0.5, 0.6) is 11.5 Å². The number of fused-ring (bicyclic) bond motifs is 2. The molecule has 1 N–H and O–H groups in total. The molecule has 2 saturated heterocycles. The van der Waals surface area contributed by atoms with E-state index in [0.29, 0.717) is 32.8 Å². The van der Waals surface area contributed by atoms with Gasteiger partial charge in [-0.1, -0.05) is 24.2 Å². The average molecular weight is 531 g/mol. The van der Waals surface area contributed by atoms with E-state index in [9.17, 15) is 19.1 Å². The molecule has 5 rings (SSSR count). The average Bonchev–Trinajstić information content (AvgIpc) is 3.01. The molecular formula is C26H28ClFN4O5. The van der Waals surface area contributed by atoms with Crippen LogP contribution < -0.4 is 9.64 Å². The van der Waals surface area contributed by atoms with Crippen molar-refractivity contribution in [2.24, 2.45) is 0 Å². The van der Waals surface area contributed by atoms with E-state index >= 15 is 0 Å². The van der Waals surface area contributed by atoms with Gasteiger partial charge in [0.25, 0.3) is 5.91 Å². The summed E-state index contributed by atoms with van der Waals surface area (Å²) in [5, 5.41) is 10.5. The lowest BCUT2D eigenvalue weighted by atomic mass is 9.99. The highest BCUT2D eigenvalue weighted by atomic mass is 35.5. The summed E-state index contributed by atoms with van der Waals surface area (Å²) in [5.74, 6) is -1.25. The van der Waals surface area contributed by atoms with Gasteiger partial charge < -0.3 is 29.3 Å². The fourth-order valence-corrected chi connectivity index (χ4v) is 5.42. The van der Waals surface area contributed by atoms with E-state index in [1.54, 1.807) is 9.80 Å². The van der Waals surface area contributed by atoms with E-state index in [0.717, 1.165) is 0 Å². The molecule has 3 aliphatic rings. The molecule has 4 heterocycles. The molecule has 1 aromatic carbocycles. The summed E-state index contributed by atoms with van der Waals surface area (Å²) in [4.78, 5) is 36.2. The van der Waals surface area contributed by atoms with Gasteiger partial charge in [0.05, 0.1) is 30.4 Å². The number of rotatable bonds is 3. The van der Waals surface area contributed by atoms with Crippen molar-refractivity contribution in [1.82, 2.24) is 14.8 Å². The largest absolute Gasteiger partial charge is 0.507 e. The molecule has 0 radical (unpaired) electrons. The maximum absolute atomic E-state index is 15.0. The SMILES string of the molecule is C=CC(=O)N1CCN2C(=O)c3c(N4CCOCC4(C)C)nc(-c4c(O)cccc4F)c(Cl)c3OC[C@H]2C1. The van der Waals surface area contributed by atoms with Gasteiger partial charge in [-0.15, -0.1) is 0 Å². The number of hydrogen-bond donors (Lipinski definition) is 1. The number of carbonyl (C=O) groups is 2. The number of halogens is 2. The number of morpholine rings is 1. The Balaban J connectivity index is 1.70. The number of aromatic hydroxyl groups is 1. The zero-order valence-electron chi connectivity index (χ0n) is 20.7. The molecular weight excluding hydrogens is 503 g/mol. The second-order valence-corrected chi connectivity index (χ2v) is 10.3. The van der Waals surface area contributed by atoms with Crippen molar-refractivity contribution in [2.45, 2.75) is 25.4 Å². The molecule has 0 aliphatic carbocycles. The van der Waals surface area contributed by atoms with Gasteiger partial charge in [0.15, 0.2) is 5.75 Å². The number of pyridine rings is 1. The molecule has 0 bridgehead atoms. The van der Waals surface area contributed by atoms with Gasteiger partial charge in [0, 0.05) is 26.2 Å². The molecule has 3 aliphatic heterocycles.